The third kappa shape index (κ3) is 5.12. The van der Waals surface area contributed by atoms with E-state index in [9.17, 15) is 14.7 Å². The van der Waals surface area contributed by atoms with E-state index in [-0.39, 0.29) is 12.3 Å². The lowest BCUT2D eigenvalue weighted by Crippen LogP contribution is -2.34. The molecule has 118 valence electrons. The number of hydrazone groups is 1. The van der Waals surface area contributed by atoms with E-state index < -0.39 is 11.8 Å². The molecule has 23 heavy (non-hydrogen) atoms. The summed E-state index contributed by atoms with van der Waals surface area (Å²) in [5, 5.41) is 16.1. The van der Waals surface area contributed by atoms with Crippen LogP contribution >= 0.6 is 11.6 Å². The highest BCUT2D eigenvalue weighted by Gasteiger charge is 2.07. The van der Waals surface area contributed by atoms with Crippen LogP contribution in [0.1, 0.15) is 15.9 Å². The van der Waals surface area contributed by atoms with Crippen LogP contribution in [0.3, 0.4) is 0 Å². The van der Waals surface area contributed by atoms with Crippen molar-refractivity contribution >= 4 is 29.6 Å². The number of hydrogen-bond acceptors (Lipinski definition) is 4. The first-order chi connectivity index (χ1) is 11.1. The topological polar surface area (TPSA) is 90.8 Å². The number of nitrogens with one attached hydrogen (secondary N) is 2. The first-order valence-corrected chi connectivity index (χ1v) is 7.08. The number of halogens is 1. The van der Waals surface area contributed by atoms with Gasteiger partial charge in [-0.15, -0.1) is 0 Å². The number of aromatic hydroxyl groups is 1. The van der Waals surface area contributed by atoms with Crippen LogP contribution < -0.4 is 10.7 Å². The SMILES string of the molecule is O=C(CNC(=O)c1cccc(Cl)c1)N/N=C/c1ccccc1O. The highest BCUT2D eigenvalue weighted by Crippen LogP contribution is 2.12. The fourth-order valence-corrected chi connectivity index (χ4v) is 1.89. The van der Waals surface area contributed by atoms with E-state index in [2.05, 4.69) is 15.8 Å². The van der Waals surface area contributed by atoms with Crippen LogP contribution in [0.5, 0.6) is 5.75 Å². The molecule has 0 bridgehead atoms. The Morgan fingerprint density at radius 3 is 2.70 bits per heavy atom. The summed E-state index contributed by atoms with van der Waals surface area (Å²) in [6.07, 6.45) is 1.31. The highest BCUT2D eigenvalue weighted by atomic mass is 35.5. The standard InChI is InChI=1S/C16H14ClN3O3/c17-13-6-3-5-11(8-13)16(23)18-10-15(22)20-19-9-12-4-1-2-7-14(12)21/h1-9,21H,10H2,(H,18,23)(H,20,22)/b19-9+. The predicted octanol–water partition coefficient (Wildman–Crippen LogP) is 1.93. The maximum atomic E-state index is 11.8. The van der Waals surface area contributed by atoms with Crippen LogP contribution in [-0.2, 0) is 4.79 Å². The van der Waals surface area contributed by atoms with Gasteiger partial charge in [0.2, 0.25) is 0 Å². The predicted molar refractivity (Wildman–Crippen MR) is 87.6 cm³/mol. The van der Waals surface area contributed by atoms with Gasteiger partial charge in [-0.1, -0.05) is 29.8 Å². The quantitative estimate of drug-likeness (QED) is 0.577. The molecule has 2 aromatic rings. The van der Waals surface area contributed by atoms with Crippen LogP contribution in [0.25, 0.3) is 0 Å². The Morgan fingerprint density at radius 1 is 1.17 bits per heavy atom. The number of phenolic OH excluding ortho intramolecular Hbond substituents is 1. The molecule has 0 unspecified atom stereocenters. The van der Waals surface area contributed by atoms with Gasteiger partial charge in [0.15, 0.2) is 0 Å². The number of nitrogens with zero attached hydrogens (tertiary/aromatic N) is 1. The molecule has 0 aliphatic rings. The fourth-order valence-electron chi connectivity index (χ4n) is 1.70. The highest BCUT2D eigenvalue weighted by molar-refractivity contribution is 6.30. The molecule has 3 N–H and O–H groups in total. The Morgan fingerprint density at radius 2 is 1.96 bits per heavy atom. The van der Waals surface area contributed by atoms with Gasteiger partial charge in [0.25, 0.3) is 11.8 Å². The molecule has 2 aromatic carbocycles. The Balaban J connectivity index is 1.81. The van der Waals surface area contributed by atoms with Crippen molar-refractivity contribution < 1.29 is 14.7 Å². The van der Waals surface area contributed by atoms with Gasteiger partial charge in [0.05, 0.1) is 12.8 Å². The Labute approximate surface area is 137 Å². The maximum Gasteiger partial charge on any atom is 0.259 e. The molecule has 0 spiro atoms. The lowest BCUT2D eigenvalue weighted by atomic mass is 10.2. The van der Waals surface area contributed by atoms with Crippen molar-refractivity contribution in [2.24, 2.45) is 5.10 Å². The second-order valence-electron chi connectivity index (χ2n) is 4.55. The zero-order valence-corrected chi connectivity index (χ0v) is 12.7. The summed E-state index contributed by atoms with van der Waals surface area (Å²) in [6.45, 7) is -0.233. The molecule has 2 rings (SSSR count). The van der Waals surface area contributed by atoms with Crippen molar-refractivity contribution in [2.75, 3.05) is 6.54 Å². The van der Waals surface area contributed by atoms with Gasteiger partial charge in [-0.05, 0) is 30.3 Å². The molecule has 0 saturated carbocycles. The van der Waals surface area contributed by atoms with Gasteiger partial charge in [-0.2, -0.15) is 5.10 Å². The van der Waals surface area contributed by atoms with Gasteiger partial charge in [-0.25, -0.2) is 5.43 Å². The second-order valence-corrected chi connectivity index (χ2v) is 4.98. The molecule has 7 heteroatoms. The molecule has 0 saturated heterocycles. The number of para-hydroxylation sites is 1. The molecule has 0 aliphatic heterocycles. The molecule has 0 aliphatic carbocycles. The van der Waals surface area contributed by atoms with Crippen LogP contribution in [0.4, 0.5) is 0 Å². The molecule has 0 radical (unpaired) electrons. The Kier molecular flexibility index (Phi) is 5.71. The third-order valence-corrected chi connectivity index (χ3v) is 3.06. The summed E-state index contributed by atoms with van der Waals surface area (Å²) in [6, 6.07) is 13.0. The largest absolute Gasteiger partial charge is 0.507 e. The van der Waals surface area contributed by atoms with E-state index in [1.54, 1.807) is 36.4 Å². The number of benzene rings is 2. The fraction of sp³-hybridized carbons (Fsp3) is 0.0625. The smallest absolute Gasteiger partial charge is 0.259 e. The van der Waals surface area contributed by atoms with Crippen molar-refractivity contribution in [3.63, 3.8) is 0 Å². The van der Waals surface area contributed by atoms with E-state index in [4.69, 9.17) is 11.6 Å². The van der Waals surface area contributed by atoms with E-state index in [0.29, 0.717) is 16.1 Å². The minimum absolute atomic E-state index is 0.0553. The third-order valence-electron chi connectivity index (χ3n) is 2.83. The van der Waals surface area contributed by atoms with Crippen molar-refractivity contribution in [1.82, 2.24) is 10.7 Å². The van der Waals surface area contributed by atoms with Crippen molar-refractivity contribution in [3.05, 3.63) is 64.7 Å². The molecular weight excluding hydrogens is 318 g/mol. The molecular formula is C16H14ClN3O3. The zero-order valence-electron chi connectivity index (χ0n) is 12.0. The molecule has 0 fully saturated rings. The van der Waals surface area contributed by atoms with Gasteiger partial charge >= 0.3 is 0 Å². The number of rotatable bonds is 5. The number of carbonyl (C=O) groups is 2. The average molecular weight is 332 g/mol. The van der Waals surface area contributed by atoms with Crippen molar-refractivity contribution in [1.29, 1.82) is 0 Å². The van der Waals surface area contributed by atoms with E-state index in [0.717, 1.165) is 0 Å². The van der Waals surface area contributed by atoms with Crippen LogP contribution in [-0.4, -0.2) is 29.7 Å². The maximum absolute atomic E-state index is 11.8. The van der Waals surface area contributed by atoms with Gasteiger partial charge in [0, 0.05) is 16.1 Å². The number of phenols is 1. The molecule has 0 aromatic heterocycles. The van der Waals surface area contributed by atoms with E-state index >= 15 is 0 Å². The summed E-state index contributed by atoms with van der Waals surface area (Å²) in [5.41, 5.74) is 3.09. The summed E-state index contributed by atoms with van der Waals surface area (Å²) in [4.78, 5) is 23.4. The van der Waals surface area contributed by atoms with E-state index in [1.165, 1.54) is 18.3 Å². The minimum Gasteiger partial charge on any atom is -0.507 e. The van der Waals surface area contributed by atoms with Crippen molar-refractivity contribution in [3.8, 4) is 5.75 Å². The van der Waals surface area contributed by atoms with Crippen LogP contribution in [0.15, 0.2) is 53.6 Å². The Bertz CT molecular complexity index is 747. The van der Waals surface area contributed by atoms with Gasteiger partial charge in [0.1, 0.15) is 5.75 Å². The number of amides is 2. The first kappa shape index (κ1) is 16.5. The lowest BCUT2D eigenvalue weighted by Gasteiger charge is -2.04. The van der Waals surface area contributed by atoms with Gasteiger partial charge in [-0.3, -0.25) is 9.59 Å². The molecule has 0 heterocycles. The monoisotopic (exact) mass is 331 g/mol. The van der Waals surface area contributed by atoms with E-state index in [1.807, 2.05) is 0 Å². The molecule has 2 amide bonds. The number of hydrogen-bond donors (Lipinski definition) is 3. The normalized spacial score (nSPS) is 10.5. The summed E-state index contributed by atoms with van der Waals surface area (Å²) in [5.74, 6) is -0.848. The summed E-state index contributed by atoms with van der Waals surface area (Å²) >= 11 is 5.79. The summed E-state index contributed by atoms with van der Waals surface area (Å²) < 4.78 is 0. The van der Waals surface area contributed by atoms with Crippen molar-refractivity contribution in [2.45, 2.75) is 0 Å². The summed E-state index contributed by atoms with van der Waals surface area (Å²) in [7, 11) is 0. The average Bonchev–Trinajstić information content (AvgIpc) is 2.54. The lowest BCUT2D eigenvalue weighted by molar-refractivity contribution is -0.120. The molecule has 6 nitrogen and oxygen atoms in total. The number of carbonyl (C=O) groups excluding carboxylic acids is 2. The first-order valence-electron chi connectivity index (χ1n) is 6.70. The molecule has 0 atom stereocenters. The second kappa shape index (κ2) is 7.95. The minimum atomic E-state index is -0.493. The van der Waals surface area contributed by atoms with Crippen LogP contribution in [0.2, 0.25) is 5.02 Å². The van der Waals surface area contributed by atoms with Gasteiger partial charge < -0.3 is 10.4 Å². The Hall–Kier alpha value is -2.86. The zero-order chi connectivity index (χ0) is 16.7. The van der Waals surface area contributed by atoms with Crippen LogP contribution in [0, 0.1) is 0 Å².